The van der Waals surface area contributed by atoms with Crippen molar-refractivity contribution in [3.05, 3.63) is 34.4 Å². The monoisotopic (exact) mass is 189 g/mol. The van der Waals surface area contributed by atoms with Crippen LogP contribution in [0.4, 0.5) is 0 Å². The van der Waals surface area contributed by atoms with Gasteiger partial charge in [-0.3, -0.25) is 0 Å². The Bertz CT molecular complexity index is 297. The van der Waals surface area contributed by atoms with Gasteiger partial charge in [-0.2, -0.15) is 0 Å². The van der Waals surface area contributed by atoms with Crippen molar-refractivity contribution in [2.24, 2.45) is 0 Å². The van der Waals surface area contributed by atoms with Crippen molar-refractivity contribution in [1.29, 1.82) is 0 Å². The summed E-state index contributed by atoms with van der Waals surface area (Å²) in [5.74, 6) is 0. The van der Waals surface area contributed by atoms with Gasteiger partial charge in [0.1, 0.15) is 0 Å². The van der Waals surface area contributed by atoms with Crippen LogP contribution in [-0.2, 0) is 12.8 Å². The highest BCUT2D eigenvalue weighted by Gasteiger charge is 2.06. The summed E-state index contributed by atoms with van der Waals surface area (Å²) in [7, 11) is 0. The molecule has 1 aromatic carbocycles. The molecule has 0 bridgehead atoms. The van der Waals surface area contributed by atoms with E-state index in [-0.39, 0.29) is 0 Å². The third kappa shape index (κ3) is 2.37. The first-order chi connectivity index (χ1) is 6.70. The molecule has 0 aromatic heterocycles. The van der Waals surface area contributed by atoms with Gasteiger partial charge < -0.3 is 0 Å². The fourth-order valence-electron chi connectivity index (χ4n) is 1.95. The quantitative estimate of drug-likeness (QED) is 0.671. The van der Waals surface area contributed by atoms with Crippen molar-refractivity contribution >= 4 is 0 Å². The minimum Gasteiger partial charge on any atom is -0.0651 e. The van der Waals surface area contributed by atoms with Crippen LogP contribution in [0.1, 0.15) is 48.9 Å². The lowest BCUT2D eigenvalue weighted by Crippen LogP contribution is -1.99. The van der Waals surface area contributed by atoms with E-state index in [0.717, 1.165) is 0 Å². The average Bonchev–Trinajstić information content (AvgIpc) is 2.18. The first kappa shape index (κ1) is 11.3. The molecule has 0 spiro atoms. The standard InChI is InChI=1S/C14H21/c1-5-7-13-10-9-11(3)12(4)14(13)8-6-2/h10H,5-8H2,1-4H3. The molecular weight excluding hydrogens is 168 g/mol. The van der Waals surface area contributed by atoms with Gasteiger partial charge in [0.15, 0.2) is 0 Å². The van der Waals surface area contributed by atoms with Gasteiger partial charge in [0.05, 0.1) is 0 Å². The van der Waals surface area contributed by atoms with Crippen molar-refractivity contribution in [2.75, 3.05) is 0 Å². The maximum Gasteiger partial charge on any atom is -0.0146 e. The van der Waals surface area contributed by atoms with E-state index < -0.39 is 0 Å². The summed E-state index contributed by atoms with van der Waals surface area (Å²) < 4.78 is 0. The van der Waals surface area contributed by atoms with Crippen LogP contribution < -0.4 is 0 Å². The van der Waals surface area contributed by atoms with Gasteiger partial charge in [0.25, 0.3) is 0 Å². The maximum absolute atomic E-state index is 3.35. The normalized spacial score (nSPS) is 10.6. The predicted molar refractivity (Wildman–Crippen MR) is 62.7 cm³/mol. The molecule has 77 valence electrons. The average molecular weight is 189 g/mol. The Morgan fingerprint density at radius 1 is 1.07 bits per heavy atom. The van der Waals surface area contributed by atoms with E-state index in [1.165, 1.54) is 42.4 Å². The Morgan fingerprint density at radius 3 is 2.29 bits per heavy atom. The van der Waals surface area contributed by atoms with Crippen molar-refractivity contribution in [1.82, 2.24) is 0 Å². The maximum atomic E-state index is 3.35. The topological polar surface area (TPSA) is 0 Å². The van der Waals surface area contributed by atoms with Gasteiger partial charge in [-0.05, 0) is 55.0 Å². The molecule has 0 saturated heterocycles. The molecule has 0 nitrogen and oxygen atoms in total. The summed E-state index contributed by atoms with van der Waals surface area (Å²) in [5, 5.41) is 0. The van der Waals surface area contributed by atoms with Crippen molar-refractivity contribution < 1.29 is 0 Å². The van der Waals surface area contributed by atoms with Gasteiger partial charge >= 0.3 is 0 Å². The molecule has 0 atom stereocenters. The van der Waals surface area contributed by atoms with Crippen molar-refractivity contribution in [2.45, 2.75) is 53.4 Å². The van der Waals surface area contributed by atoms with Gasteiger partial charge in [0, 0.05) is 0 Å². The number of aryl methyl sites for hydroxylation is 2. The molecule has 0 fully saturated rings. The van der Waals surface area contributed by atoms with Crippen LogP contribution in [0.2, 0.25) is 0 Å². The van der Waals surface area contributed by atoms with Crippen LogP contribution in [0.25, 0.3) is 0 Å². The fourth-order valence-corrected chi connectivity index (χ4v) is 1.95. The summed E-state index contributed by atoms with van der Waals surface area (Å²) >= 11 is 0. The first-order valence-corrected chi connectivity index (χ1v) is 5.70. The SMILES string of the molecule is CCCc1c[c]c(C)c(C)c1CCC. The molecule has 0 saturated carbocycles. The molecule has 0 heterocycles. The second kappa shape index (κ2) is 5.19. The summed E-state index contributed by atoms with van der Waals surface area (Å²) in [6.45, 7) is 8.88. The zero-order valence-corrected chi connectivity index (χ0v) is 9.91. The van der Waals surface area contributed by atoms with Crippen molar-refractivity contribution in [3.63, 3.8) is 0 Å². The molecule has 0 aliphatic rings. The third-order valence-electron chi connectivity index (χ3n) is 2.89. The van der Waals surface area contributed by atoms with E-state index in [0.29, 0.717) is 0 Å². The lowest BCUT2D eigenvalue weighted by atomic mass is 9.92. The summed E-state index contributed by atoms with van der Waals surface area (Å²) in [5.41, 5.74) is 5.86. The lowest BCUT2D eigenvalue weighted by molar-refractivity contribution is 0.851. The van der Waals surface area contributed by atoms with Crippen LogP contribution in [0.5, 0.6) is 0 Å². The van der Waals surface area contributed by atoms with Crippen LogP contribution in [0, 0.1) is 19.9 Å². The van der Waals surface area contributed by atoms with Crippen LogP contribution in [-0.4, -0.2) is 0 Å². The van der Waals surface area contributed by atoms with Gasteiger partial charge in [-0.25, -0.2) is 0 Å². The highest BCUT2D eigenvalue weighted by molar-refractivity contribution is 5.39. The predicted octanol–water partition coefficient (Wildman–Crippen LogP) is 4.01. The molecule has 0 aliphatic heterocycles. The first-order valence-electron chi connectivity index (χ1n) is 5.70. The molecule has 0 heteroatoms. The summed E-state index contributed by atoms with van der Waals surface area (Å²) in [4.78, 5) is 0. The summed E-state index contributed by atoms with van der Waals surface area (Å²) in [6.07, 6.45) is 4.89. The molecule has 0 N–H and O–H groups in total. The second-order valence-corrected chi connectivity index (χ2v) is 4.04. The fraction of sp³-hybridized carbons (Fsp3) is 0.571. The van der Waals surface area contributed by atoms with Crippen molar-refractivity contribution in [3.8, 4) is 0 Å². The molecule has 1 radical (unpaired) electrons. The Morgan fingerprint density at radius 2 is 1.71 bits per heavy atom. The van der Waals surface area contributed by atoms with Crippen LogP contribution >= 0.6 is 0 Å². The van der Waals surface area contributed by atoms with Gasteiger partial charge in [-0.1, -0.05) is 32.8 Å². The highest BCUT2D eigenvalue weighted by Crippen LogP contribution is 2.20. The molecule has 1 rings (SSSR count). The van der Waals surface area contributed by atoms with E-state index >= 15 is 0 Å². The number of rotatable bonds is 4. The molecule has 1 aromatic rings. The Hall–Kier alpha value is -0.780. The zero-order chi connectivity index (χ0) is 10.6. The largest absolute Gasteiger partial charge is 0.0651 e. The van der Waals surface area contributed by atoms with E-state index in [2.05, 4.69) is 39.8 Å². The number of hydrogen-bond donors (Lipinski definition) is 0. The van der Waals surface area contributed by atoms with E-state index in [1.54, 1.807) is 5.56 Å². The van der Waals surface area contributed by atoms with Crippen LogP contribution in [0.15, 0.2) is 6.07 Å². The van der Waals surface area contributed by atoms with Gasteiger partial charge in [0.2, 0.25) is 0 Å². The Kier molecular flexibility index (Phi) is 4.19. The van der Waals surface area contributed by atoms with E-state index in [4.69, 9.17) is 0 Å². The highest BCUT2D eigenvalue weighted by atomic mass is 14.1. The molecule has 0 unspecified atom stereocenters. The smallest absolute Gasteiger partial charge is 0.0146 e. The van der Waals surface area contributed by atoms with E-state index in [1.807, 2.05) is 0 Å². The zero-order valence-electron chi connectivity index (χ0n) is 9.91. The molecule has 0 aliphatic carbocycles. The second-order valence-electron chi connectivity index (χ2n) is 4.04. The Balaban J connectivity index is 3.08. The Labute approximate surface area is 88.4 Å². The van der Waals surface area contributed by atoms with E-state index in [9.17, 15) is 0 Å². The van der Waals surface area contributed by atoms with Gasteiger partial charge in [-0.15, -0.1) is 0 Å². The molecule has 0 amide bonds. The number of benzene rings is 1. The minimum absolute atomic E-state index is 1.20. The third-order valence-corrected chi connectivity index (χ3v) is 2.89. The number of hydrogen-bond acceptors (Lipinski definition) is 0. The molecular formula is C14H21. The minimum atomic E-state index is 1.20. The molecule has 14 heavy (non-hydrogen) atoms. The van der Waals surface area contributed by atoms with Crippen LogP contribution in [0.3, 0.4) is 0 Å². The summed E-state index contributed by atoms with van der Waals surface area (Å²) in [6, 6.07) is 5.54. The lowest BCUT2D eigenvalue weighted by Gasteiger charge is -2.13.